The van der Waals surface area contributed by atoms with Crippen LogP contribution in [0.2, 0.25) is 0 Å². The summed E-state index contributed by atoms with van der Waals surface area (Å²) in [5, 5.41) is 5.32. The van der Waals surface area contributed by atoms with Gasteiger partial charge in [0.1, 0.15) is 0 Å². The number of amides is 2. The van der Waals surface area contributed by atoms with Crippen molar-refractivity contribution in [3.05, 3.63) is 65.7 Å². The fraction of sp³-hybridized carbons (Fsp3) is 0.158. The van der Waals surface area contributed by atoms with Crippen LogP contribution in [0.25, 0.3) is 0 Å². The van der Waals surface area contributed by atoms with E-state index in [0.717, 1.165) is 5.56 Å². The molecule has 0 aliphatic carbocycles. The van der Waals surface area contributed by atoms with Gasteiger partial charge in [-0.2, -0.15) is 0 Å². The van der Waals surface area contributed by atoms with Crippen LogP contribution in [-0.2, 0) is 9.53 Å². The highest BCUT2D eigenvalue weighted by atomic mass is 16.5. The molecule has 0 aliphatic rings. The van der Waals surface area contributed by atoms with Gasteiger partial charge in [0, 0.05) is 7.11 Å². The van der Waals surface area contributed by atoms with Crippen LogP contribution in [0.3, 0.4) is 0 Å². The molecule has 2 aromatic rings. The Morgan fingerprint density at radius 2 is 1.79 bits per heavy atom. The van der Waals surface area contributed by atoms with Crippen LogP contribution in [0.4, 0.5) is 5.69 Å². The maximum Gasteiger partial charge on any atom is 0.258 e. The van der Waals surface area contributed by atoms with Gasteiger partial charge in [-0.1, -0.05) is 48.4 Å². The third kappa shape index (κ3) is 4.22. The molecule has 0 saturated carbocycles. The topological polar surface area (TPSA) is 67.4 Å². The van der Waals surface area contributed by atoms with Crippen molar-refractivity contribution in [3.63, 3.8) is 0 Å². The van der Waals surface area contributed by atoms with E-state index in [-0.39, 0.29) is 18.4 Å². The zero-order valence-electron chi connectivity index (χ0n) is 13.3. The molecule has 0 fully saturated rings. The van der Waals surface area contributed by atoms with Crippen molar-refractivity contribution in [3.8, 4) is 12.3 Å². The Morgan fingerprint density at radius 3 is 2.46 bits per heavy atom. The van der Waals surface area contributed by atoms with Crippen LogP contribution < -0.4 is 10.6 Å². The number of anilines is 1. The van der Waals surface area contributed by atoms with Crippen molar-refractivity contribution >= 4 is 17.5 Å². The second-order valence-corrected chi connectivity index (χ2v) is 4.95. The van der Waals surface area contributed by atoms with Gasteiger partial charge in [-0.25, -0.2) is 0 Å². The number of nitrogens with one attached hydrogen (secondary N) is 2. The minimum atomic E-state index is -0.770. The second kappa shape index (κ2) is 8.51. The van der Waals surface area contributed by atoms with Crippen molar-refractivity contribution in [2.45, 2.75) is 6.10 Å². The van der Waals surface area contributed by atoms with E-state index in [2.05, 4.69) is 16.6 Å². The van der Waals surface area contributed by atoms with Crippen LogP contribution in [-0.4, -0.2) is 25.5 Å². The maximum absolute atomic E-state index is 12.5. The van der Waals surface area contributed by atoms with Crippen LogP contribution >= 0.6 is 0 Å². The summed E-state index contributed by atoms with van der Waals surface area (Å²) >= 11 is 0. The monoisotopic (exact) mass is 322 g/mol. The third-order valence-electron chi connectivity index (χ3n) is 3.36. The lowest BCUT2D eigenvalue weighted by atomic mass is 10.1. The van der Waals surface area contributed by atoms with Crippen LogP contribution in [0, 0.1) is 12.3 Å². The molecular weight excluding hydrogens is 304 g/mol. The van der Waals surface area contributed by atoms with Gasteiger partial charge in [0.25, 0.3) is 11.8 Å². The summed E-state index contributed by atoms with van der Waals surface area (Å²) in [4.78, 5) is 24.7. The lowest BCUT2D eigenvalue weighted by Gasteiger charge is -2.17. The Kier molecular flexibility index (Phi) is 6.12. The first-order valence-electron chi connectivity index (χ1n) is 7.36. The maximum atomic E-state index is 12.5. The number of hydrogen-bond acceptors (Lipinski definition) is 3. The Morgan fingerprint density at radius 1 is 1.12 bits per heavy atom. The molecule has 122 valence electrons. The summed E-state index contributed by atoms with van der Waals surface area (Å²) in [5.74, 6) is 1.63. The molecule has 0 aromatic heterocycles. The van der Waals surface area contributed by atoms with Crippen molar-refractivity contribution in [2.24, 2.45) is 0 Å². The molecule has 0 spiro atoms. The minimum Gasteiger partial charge on any atom is -0.367 e. The van der Waals surface area contributed by atoms with Gasteiger partial charge in [0.15, 0.2) is 6.10 Å². The van der Waals surface area contributed by atoms with Crippen molar-refractivity contribution in [2.75, 3.05) is 19.0 Å². The number of terminal acetylenes is 1. The van der Waals surface area contributed by atoms with E-state index >= 15 is 0 Å². The average Bonchev–Trinajstić information content (AvgIpc) is 2.61. The fourth-order valence-electron chi connectivity index (χ4n) is 2.24. The summed E-state index contributed by atoms with van der Waals surface area (Å²) < 4.78 is 5.30. The lowest BCUT2D eigenvalue weighted by molar-refractivity contribution is -0.126. The Labute approximate surface area is 141 Å². The Bertz CT molecular complexity index is 751. The number of rotatable bonds is 6. The molecule has 5 nitrogen and oxygen atoms in total. The molecule has 1 atom stereocenters. The predicted molar refractivity (Wildman–Crippen MR) is 92.4 cm³/mol. The lowest BCUT2D eigenvalue weighted by Crippen LogP contribution is -2.27. The van der Waals surface area contributed by atoms with Gasteiger partial charge >= 0.3 is 0 Å². The molecule has 0 heterocycles. The minimum absolute atomic E-state index is 0.117. The third-order valence-corrected chi connectivity index (χ3v) is 3.36. The number of carbonyl (C=O) groups is 2. The molecular formula is C19H18N2O3. The van der Waals surface area contributed by atoms with Gasteiger partial charge in [-0.05, 0) is 17.7 Å². The Hall–Kier alpha value is -3.10. The molecule has 24 heavy (non-hydrogen) atoms. The molecule has 2 aromatic carbocycles. The van der Waals surface area contributed by atoms with Crippen LogP contribution in [0.5, 0.6) is 0 Å². The average molecular weight is 322 g/mol. The van der Waals surface area contributed by atoms with E-state index in [1.807, 2.05) is 18.2 Å². The summed E-state index contributed by atoms with van der Waals surface area (Å²) in [7, 11) is 1.46. The highest BCUT2D eigenvalue weighted by Crippen LogP contribution is 2.21. The molecule has 5 heteroatoms. The number of carbonyl (C=O) groups excluding carboxylic acids is 2. The zero-order valence-corrected chi connectivity index (χ0v) is 13.3. The fourth-order valence-corrected chi connectivity index (χ4v) is 2.24. The summed E-state index contributed by atoms with van der Waals surface area (Å²) in [6.45, 7) is 0.117. The largest absolute Gasteiger partial charge is 0.367 e. The highest BCUT2D eigenvalue weighted by Gasteiger charge is 2.21. The van der Waals surface area contributed by atoms with Crippen LogP contribution in [0.1, 0.15) is 22.0 Å². The van der Waals surface area contributed by atoms with Crippen molar-refractivity contribution in [1.82, 2.24) is 5.32 Å². The molecule has 0 radical (unpaired) electrons. The summed E-state index contributed by atoms with van der Waals surface area (Å²) in [6, 6.07) is 15.8. The normalized spacial score (nSPS) is 11.2. The first-order chi connectivity index (χ1) is 11.7. The van der Waals surface area contributed by atoms with Gasteiger partial charge in [0.05, 0.1) is 17.8 Å². The number of ether oxygens (including phenoxy) is 1. The molecule has 2 N–H and O–H groups in total. The highest BCUT2D eigenvalue weighted by molar-refractivity contribution is 6.04. The molecule has 0 aliphatic heterocycles. The van der Waals surface area contributed by atoms with Gasteiger partial charge in [0.2, 0.25) is 0 Å². The van der Waals surface area contributed by atoms with Gasteiger partial charge in [-0.3, -0.25) is 9.59 Å². The van der Waals surface area contributed by atoms with E-state index in [0.29, 0.717) is 11.3 Å². The summed E-state index contributed by atoms with van der Waals surface area (Å²) in [6.07, 6.45) is 4.37. The molecule has 0 unspecified atom stereocenters. The zero-order chi connectivity index (χ0) is 17.4. The van der Waals surface area contributed by atoms with Crippen LogP contribution in [0.15, 0.2) is 54.6 Å². The number of benzene rings is 2. The van der Waals surface area contributed by atoms with Gasteiger partial charge in [-0.15, -0.1) is 6.42 Å². The number of methoxy groups -OCH3 is 1. The molecule has 0 bridgehead atoms. The summed E-state index contributed by atoms with van der Waals surface area (Å²) in [5.41, 5.74) is 1.46. The second-order valence-electron chi connectivity index (χ2n) is 4.95. The molecule has 2 amide bonds. The first-order valence-corrected chi connectivity index (χ1v) is 7.36. The van der Waals surface area contributed by atoms with E-state index in [1.54, 1.807) is 36.4 Å². The van der Waals surface area contributed by atoms with E-state index in [1.165, 1.54) is 7.11 Å². The van der Waals surface area contributed by atoms with E-state index in [4.69, 9.17) is 11.2 Å². The SMILES string of the molecule is C#CCNC(=O)c1ccccc1NC(=O)[C@H](OC)c1ccccc1. The first kappa shape index (κ1) is 17.3. The standard InChI is InChI=1S/C19H18N2O3/c1-3-13-20-18(22)15-11-7-8-12-16(15)21-19(23)17(24-2)14-9-5-4-6-10-14/h1,4-12,17H,13H2,2H3,(H,20,22)(H,21,23)/t17-/m1/s1. The van der Waals surface area contributed by atoms with E-state index in [9.17, 15) is 9.59 Å². The predicted octanol–water partition coefficient (Wildman–Crippen LogP) is 2.38. The quantitative estimate of drug-likeness (QED) is 0.803. The van der Waals surface area contributed by atoms with Gasteiger partial charge < -0.3 is 15.4 Å². The molecule has 0 saturated heterocycles. The number of para-hydroxylation sites is 1. The molecule has 2 rings (SSSR count). The Balaban J connectivity index is 2.20. The smallest absolute Gasteiger partial charge is 0.258 e. The van der Waals surface area contributed by atoms with Crippen molar-refractivity contribution < 1.29 is 14.3 Å². The van der Waals surface area contributed by atoms with Crippen molar-refractivity contribution in [1.29, 1.82) is 0 Å². The van der Waals surface area contributed by atoms with E-state index < -0.39 is 6.10 Å². The number of hydrogen-bond donors (Lipinski definition) is 2.